The SMILES string of the molecule is CC(C)CCCNC(=O)C(Oc1ccccc1C#N)C(C)C. The summed E-state index contributed by atoms with van der Waals surface area (Å²) < 4.78 is 5.80. The van der Waals surface area contributed by atoms with E-state index in [1.165, 1.54) is 0 Å². The number of nitrogens with one attached hydrogen (secondary N) is 1. The van der Waals surface area contributed by atoms with Crippen LogP contribution in [-0.2, 0) is 4.79 Å². The Morgan fingerprint density at radius 1 is 1.27 bits per heavy atom. The summed E-state index contributed by atoms with van der Waals surface area (Å²) in [5.74, 6) is 1.00. The Labute approximate surface area is 133 Å². The zero-order chi connectivity index (χ0) is 16.5. The summed E-state index contributed by atoms with van der Waals surface area (Å²) in [6.45, 7) is 8.87. The average molecular weight is 302 g/mol. The highest BCUT2D eigenvalue weighted by molar-refractivity contribution is 5.81. The first-order valence-electron chi connectivity index (χ1n) is 7.89. The lowest BCUT2D eigenvalue weighted by Gasteiger charge is -2.22. The maximum atomic E-state index is 12.3. The molecule has 4 heteroatoms. The van der Waals surface area contributed by atoms with Gasteiger partial charge in [-0.15, -0.1) is 0 Å². The van der Waals surface area contributed by atoms with E-state index in [2.05, 4.69) is 25.2 Å². The normalized spacial score (nSPS) is 12.0. The number of carbonyl (C=O) groups is 1. The minimum absolute atomic E-state index is 0.0249. The van der Waals surface area contributed by atoms with Crippen LogP contribution in [0, 0.1) is 23.2 Å². The van der Waals surface area contributed by atoms with Crippen molar-refractivity contribution in [3.63, 3.8) is 0 Å². The van der Waals surface area contributed by atoms with E-state index in [1.54, 1.807) is 24.3 Å². The van der Waals surface area contributed by atoms with Crippen molar-refractivity contribution in [2.75, 3.05) is 6.54 Å². The Bertz CT molecular complexity index is 518. The second-order valence-corrected chi connectivity index (χ2v) is 6.22. The van der Waals surface area contributed by atoms with Crippen molar-refractivity contribution >= 4 is 5.91 Å². The van der Waals surface area contributed by atoms with Gasteiger partial charge in [-0.2, -0.15) is 5.26 Å². The number of nitriles is 1. The van der Waals surface area contributed by atoms with Gasteiger partial charge in [-0.1, -0.05) is 39.8 Å². The molecule has 0 aliphatic heterocycles. The molecule has 1 atom stereocenters. The Morgan fingerprint density at radius 3 is 2.55 bits per heavy atom. The molecule has 0 bridgehead atoms. The lowest BCUT2D eigenvalue weighted by Crippen LogP contribution is -2.42. The van der Waals surface area contributed by atoms with Crippen LogP contribution in [0.25, 0.3) is 0 Å². The maximum Gasteiger partial charge on any atom is 0.261 e. The molecule has 1 rings (SSSR count). The van der Waals surface area contributed by atoms with Gasteiger partial charge in [0.05, 0.1) is 5.56 Å². The van der Waals surface area contributed by atoms with Crippen LogP contribution >= 0.6 is 0 Å². The van der Waals surface area contributed by atoms with E-state index < -0.39 is 6.10 Å². The highest BCUT2D eigenvalue weighted by Crippen LogP contribution is 2.20. The number of carbonyl (C=O) groups excluding carboxylic acids is 1. The predicted molar refractivity (Wildman–Crippen MR) is 87.5 cm³/mol. The van der Waals surface area contributed by atoms with E-state index in [1.807, 2.05) is 13.8 Å². The Kier molecular flexibility index (Phi) is 7.45. The molecule has 22 heavy (non-hydrogen) atoms. The molecule has 0 aromatic heterocycles. The smallest absolute Gasteiger partial charge is 0.261 e. The number of rotatable bonds is 8. The van der Waals surface area contributed by atoms with Gasteiger partial charge in [0.15, 0.2) is 6.10 Å². The number of benzene rings is 1. The monoisotopic (exact) mass is 302 g/mol. The Hall–Kier alpha value is -2.02. The minimum Gasteiger partial charge on any atom is -0.479 e. The van der Waals surface area contributed by atoms with Crippen molar-refractivity contribution < 1.29 is 9.53 Å². The molecule has 1 N–H and O–H groups in total. The first-order valence-corrected chi connectivity index (χ1v) is 7.89. The van der Waals surface area contributed by atoms with Crippen LogP contribution in [0.1, 0.15) is 46.1 Å². The fourth-order valence-electron chi connectivity index (χ4n) is 2.11. The summed E-state index contributed by atoms with van der Waals surface area (Å²) in [4.78, 5) is 12.3. The van der Waals surface area contributed by atoms with Gasteiger partial charge in [0, 0.05) is 6.54 Å². The molecule has 1 amide bonds. The molecule has 4 nitrogen and oxygen atoms in total. The van der Waals surface area contributed by atoms with E-state index in [-0.39, 0.29) is 11.8 Å². The van der Waals surface area contributed by atoms with Crippen LogP contribution in [0.4, 0.5) is 0 Å². The Morgan fingerprint density at radius 2 is 1.95 bits per heavy atom. The average Bonchev–Trinajstić information content (AvgIpc) is 2.48. The van der Waals surface area contributed by atoms with Gasteiger partial charge in [0.1, 0.15) is 11.8 Å². The van der Waals surface area contributed by atoms with Gasteiger partial charge in [0.2, 0.25) is 0 Å². The van der Waals surface area contributed by atoms with E-state index in [0.29, 0.717) is 23.8 Å². The third-order valence-corrected chi connectivity index (χ3v) is 3.38. The lowest BCUT2D eigenvalue weighted by atomic mass is 10.1. The maximum absolute atomic E-state index is 12.3. The van der Waals surface area contributed by atoms with E-state index in [0.717, 1.165) is 12.8 Å². The molecule has 0 saturated heterocycles. The van der Waals surface area contributed by atoms with Gasteiger partial charge in [0.25, 0.3) is 5.91 Å². The second-order valence-electron chi connectivity index (χ2n) is 6.22. The standard InChI is InChI=1S/C18H26N2O2/c1-13(2)8-7-11-20-18(21)17(14(3)4)22-16-10-6-5-9-15(16)12-19/h5-6,9-10,13-14,17H,7-8,11H2,1-4H3,(H,20,21). The summed E-state index contributed by atoms with van der Waals surface area (Å²) in [5, 5.41) is 12.0. The third-order valence-electron chi connectivity index (χ3n) is 3.38. The summed E-state index contributed by atoms with van der Waals surface area (Å²) in [6.07, 6.45) is 1.46. The van der Waals surface area contributed by atoms with Crippen molar-refractivity contribution in [1.82, 2.24) is 5.32 Å². The van der Waals surface area contributed by atoms with Crippen LogP contribution in [0.15, 0.2) is 24.3 Å². The van der Waals surface area contributed by atoms with E-state index >= 15 is 0 Å². The number of amides is 1. The molecule has 1 unspecified atom stereocenters. The van der Waals surface area contributed by atoms with Crippen LogP contribution < -0.4 is 10.1 Å². The highest BCUT2D eigenvalue weighted by Gasteiger charge is 2.24. The summed E-state index contributed by atoms with van der Waals surface area (Å²) in [5.41, 5.74) is 0.445. The molecule has 0 spiro atoms. The lowest BCUT2D eigenvalue weighted by molar-refractivity contribution is -0.129. The molecule has 0 aliphatic carbocycles. The van der Waals surface area contributed by atoms with E-state index in [9.17, 15) is 4.79 Å². The molecule has 120 valence electrons. The molecule has 1 aromatic carbocycles. The minimum atomic E-state index is -0.589. The van der Waals surface area contributed by atoms with Gasteiger partial charge in [-0.25, -0.2) is 0 Å². The van der Waals surface area contributed by atoms with Crippen molar-refractivity contribution in [2.45, 2.75) is 46.6 Å². The van der Waals surface area contributed by atoms with Gasteiger partial charge >= 0.3 is 0 Å². The van der Waals surface area contributed by atoms with Crippen molar-refractivity contribution in [2.24, 2.45) is 11.8 Å². The molecule has 0 fully saturated rings. The topological polar surface area (TPSA) is 62.1 Å². The van der Waals surface area contributed by atoms with Crippen LogP contribution in [-0.4, -0.2) is 18.6 Å². The predicted octanol–water partition coefficient (Wildman–Crippen LogP) is 3.51. The summed E-state index contributed by atoms with van der Waals surface area (Å²) in [7, 11) is 0. The highest BCUT2D eigenvalue weighted by atomic mass is 16.5. The van der Waals surface area contributed by atoms with Gasteiger partial charge in [-0.3, -0.25) is 4.79 Å². The number of nitrogens with zero attached hydrogens (tertiary/aromatic N) is 1. The fraction of sp³-hybridized carbons (Fsp3) is 0.556. The third kappa shape index (κ3) is 5.77. The summed E-state index contributed by atoms with van der Waals surface area (Å²) in [6, 6.07) is 9.08. The van der Waals surface area contributed by atoms with Crippen LogP contribution in [0.2, 0.25) is 0 Å². The number of hydrogen-bond acceptors (Lipinski definition) is 3. The Balaban J connectivity index is 2.65. The zero-order valence-corrected chi connectivity index (χ0v) is 13.9. The van der Waals surface area contributed by atoms with Crippen LogP contribution in [0.3, 0.4) is 0 Å². The molecule has 1 aromatic rings. The van der Waals surface area contributed by atoms with Gasteiger partial charge in [-0.05, 0) is 36.8 Å². The van der Waals surface area contributed by atoms with Crippen LogP contribution in [0.5, 0.6) is 5.75 Å². The molecular weight excluding hydrogens is 276 g/mol. The molecule has 0 radical (unpaired) electrons. The molecule has 0 heterocycles. The van der Waals surface area contributed by atoms with Crippen molar-refractivity contribution in [3.05, 3.63) is 29.8 Å². The van der Waals surface area contributed by atoms with Crippen molar-refractivity contribution in [3.8, 4) is 11.8 Å². The summed E-state index contributed by atoms with van der Waals surface area (Å²) >= 11 is 0. The molecular formula is C18H26N2O2. The van der Waals surface area contributed by atoms with Gasteiger partial charge < -0.3 is 10.1 Å². The quantitative estimate of drug-likeness (QED) is 0.747. The number of para-hydroxylation sites is 1. The number of ether oxygens (including phenoxy) is 1. The number of hydrogen-bond donors (Lipinski definition) is 1. The fourth-order valence-corrected chi connectivity index (χ4v) is 2.11. The molecule has 0 saturated carbocycles. The second kappa shape index (κ2) is 9.09. The molecule has 0 aliphatic rings. The first kappa shape index (κ1) is 18.0. The van der Waals surface area contributed by atoms with Crippen molar-refractivity contribution in [1.29, 1.82) is 5.26 Å². The first-order chi connectivity index (χ1) is 10.5. The van der Waals surface area contributed by atoms with E-state index in [4.69, 9.17) is 10.00 Å². The largest absolute Gasteiger partial charge is 0.479 e. The zero-order valence-electron chi connectivity index (χ0n) is 13.9.